The molecule has 0 saturated carbocycles. The minimum Gasteiger partial charge on any atom is -0.494 e. The summed E-state index contributed by atoms with van der Waals surface area (Å²) in [6.07, 6.45) is 2.06. The Balaban J connectivity index is 1.29. The molecule has 2 unspecified atom stereocenters. The van der Waals surface area contributed by atoms with E-state index in [4.69, 9.17) is 20.9 Å². The third-order valence-corrected chi connectivity index (χ3v) is 7.41. The first-order valence-corrected chi connectivity index (χ1v) is 15.5. The number of amides is 4. The lowest BCUT2D eigenvalue weighted by molar-refractivity contribution is -0.120. The summed E-state index contributed by atoms with van der Waals surface area (Å²) in [5.74, 6) is -0.992. The van der Waals surface area contributed by atoms with Crippen molar-refractivity contribution in [3.63, 3.8) is 0 Å². The first-order chi connectivity index (χ1) is 22.7. The average Bonchev–Trinajstić information content (AvgIpc) is 3.08. The highest BCUT2D eigenvalue weighted by Gasteiger charge is 2.22. The fourth-order valence-corrected chi connectivity index (χ4v) is 4.77. The van der Waals surface area contributed by atoms with Crippen molar-refractivity contribution in [1.29, 1.82) is 0 Å². The molecule has 0 bridgehead atoms. The van der Waals surface area contributed by atoms with E-state index >= 15 is 0 Å². The predicted molar refractivity (Wildman–Crippen MR) is 179 cm³/mol. The van der Waals surface area contributed by atoms with Gasteiger partial charge in [0.2, 0.25) is 11.8 Å². The number of ether oxygens (including phenoxy) is 2. The van der Waals surface area contributed by atoms with Gasteiger partial charge in [-0.15, -0.1) is 0 Å². The van der Waals surface area contributed by atoms with Gasteiger partial charge in [-0.3, -0.25) is 19.2 Å². The number of nitrogens with two attached hydrogens (primary N) is 2. The van der Waals surface area contributed by atoms with Crippen LogP contribution in [0.25, 0.3) is 0 Å². The molecule has 2 atom stereocenters. The molecular formula is C37H40N4O6. The standard InChI is InChI=1S/C37H40N4O6/c1-2-21-46-30-16-8-26(9-17-30)23-32(34(38)42)40-36(44)28-12-14-29(15-13-28)37(45)41-33(35(39)43)24-27-10-18-31(19-11-27)47-22-20-25-6-4-3-5-7-25/h3-19,32-33H,2,20-24H2,1H3,(H2,38,42)(H2,39,43)(H,40,44)(H,41,45). The SMILES string of the molecule is CCCOc1ccc(CC(NC(=O)c2ccc(C(=O)NC(Cc3ccc(OCCc4ccccc4)cc3)C(N)=O)cc2)C(N)=O)cc1. The van der Waals surface area contributed by atoms with Gasteiger partial charge in [0, 0.05) is 30.4 Å². The number of hydrogen-bond donors (Lipinski definition) is 4. The maximum absolute atomic E-state index is 13.0. The maximum Gasteiger partial charge on any atom is 0.251 e. The van der Waals surface area contributed by atoms with E-state index in [0.29, 0.717) is 19.0 Å². The Labute approximate surface area is 274 Å². The van der Waals surface area contributed by atoms with Crippen molar-refractivity contribution < 1.29 is 28.7 Å². The molecule has 244 valence electrons. The number of primary amides is 2. The van der Waals surface area contributed by atoms with E-state index in [1.807, 2.05) is 73.7 Å². The average molecular weight is 637 g/mol. The maximum atomic E-state index is 13.0. The van der Waals surface area contributed by atoms with E-state index < -0.39 is 35.7 Å². The van der Waals surface area contributed by atoms with Crippen LogP contribution in [0, 0.1) is 0 Å². The van der Waals surface area contributed by atoms with Crippen LogP contribution in [0.5, 0.6) is 11.5 Å². The minimum absolute atomic E-state index is 0.189. The molecule has 4 aromatic rings. The summed E-state index contributed by atoms with van der Waals surface area (Å²) in [7, 11) is 0. The lowest BCUT2D eigenvalue weighted by atomic mass is 10.0. The Morgan fingerprint density at radius 3 is 1.40 bits per heavy atom. The summed E-state index contributed by atoms with van der Waals surface area (Å²) in [6, 6.07) is 28.5. The topological polar surface area (TPSA) is 163 Å². The molecule has 0 saturated heterocycles. The number of benzene rings is 4. The van der Waals surface area contributed by atoms with E-state index in [1.165, 1.54) is 29.8 Å². The van der Waals surface area contributed by atoms with Crippen molar-refractivity contribution in [3.05, 3.63) is 131 Å². The Morgan fingerprint density at radius 2 is 1.00 bits per heavy atom. The van der Waals surface area contributed by atoms with Crippen molar-refractivity contribution in [2.24, 2.45) is 11.5 Å². The normalized spacial score (nSPS) is 11.9. The fourth-order valence-electron chi connectivity index (χ4n) is 4.77. The van der Waals surface area contributed by atoms with Crippen LogP contribution in [0.15, 0.2) is 103 Å². The van der Waals surface area contributed by atoms with Crippen LogP contribution >= 0.6 is 0 Å². The van der Waals surface area contributed by atoms with E-state index in [9.17, 15) is 19.2 Å². The highest BCUT2D eigenvalue weighted by molar-refractivity contribution is 6.00. The van der Waals surface area contributed by atoms with Crippen LogP contribution in [0.2, 0.25) is 0 Å². The third kappa shape index (κ3) is 10.7. The zero-order valence-corrected chi connectivity index (χ0v) is 26.3. The smallest absolute Gasteiger partial charge is 0.251 e. The second kappa shape index (κ2) is 17.2. The molecular weight excluding hydrogens is 596 g/mol. The number of rotatable bonds is 17. The molecule has 10 nitrogen and oxygen atoms in total. The van der Waals surface area contributed by atoms with Crippen molar-refractivity contribution >= 4 is 23.6 Å². The lowest BCUT2D eigenvalue weighted by Crippen LogP contribution is -2.46. The highest BCUT2D eigenvalue weighted by atomic mass is 16.5. The molecule has 0 fully saturated rings. The van der Waals surface area contributed by atoms with Crippen LogP contribution in [0.4, 0.5) is 0 Å². The van der Waals surface area contributed by atoms with Gasteiger partial charge in [-0.25, -0.2) is 0 Å². The molecule has 6 N–H and O–H groups in total. The molecule has 0 aliphatic rings. The van der Waals surface area contributed by atoms with E-state index in [1.54, 1.807) is 12.1 Å². The zero-order valence-electron chi connectivity index (χ0n) is 26.3. The summed E-state index contributed by atoms with van der Waals surface area (Å²) in [6.45, 7) is 3.15. The molecule has 0 aliphatic carbocycles. The van der Waals surface area contributed by atoms with Crippen molar-refractivity contribution in [2.45, 2.75) is 44.7 Å². The van der Waals surface area contributed by atoms with Crippen LogP contribution in [0.1, 0.15) is 50.8 Å². The Hall–Kier alpha value is -5.64. The monoisotopic (exact) mass is 636 g/mol. The van der Waals surface area contributed by atoms with Crippen molar-refractivity contribution in [2.75, 3.05) is 13.2 Å². The molecule has 47 heavy (non-hydrogen) atoms. The summed E-state index contributed by atoms with van der Waals surface area (Å²) >= 11 is 0. The molecule has 0 aromatic heterocycles. The van der Waals surface area contributed by atoms with Crippen LogP contribution in [0.3, 0.4) is 0 Å². The van der Waals surface area contributed by atoms with Gasteiger partial charge >= 0.3 is 0 Å². The second-order valence-corrected chi connectivity index (χ2v) is 11.1. The lowest BCUT2D eigenvalue weighted by Gasteiger charge is -2.17. The van der Waals surface area contributed by atoms with E-state index in [2.05, 4.69) is 10.6 Å². The van der Waals surface area contributed by atoms with Gasteiger partial charge in [-0.05, 0) is 71.6 Å². The zero-order chi connectivity index (χ0) is 33.6. The highest BCUT2D eigenvalue weighted by Crippen LogP contribution is 2.16. The number of carbonyl (C=O) groups is 4. The Morgan fingerprint density at radius 1 is 0.574 bits per heavy atom. The number of nitrogens with one attached hydrogen (secondary N) is 2. The molecule has 0 spiro atoms. The van der Waals surface area contributed by atoms with Gasteiger partial charge in [0.1, 0.15) is 23.6 Å². The molecule has 10 heteroatoms. The van der Waals surface area contributed by atoms with Gasteiger partial charge in [-0.2, -0.15) is 0 Å². The molecule has 4 rings (SSSR count). The second-order valence-electron chi connectivity index (χ2n) is 11.1. The van der Waals surface area contributed by atoms with Gasteiger partial charge in [0.15, 0.2) is 0 Å². The van der Waals surface area contributed by atoms with Crippen LogP contribution < -0.4 is 31.6 Å². The van der Waals surface area contributed by atoms with E-state index in [-0.39, 0.29) is 24.0 Å². The molecule has 4 aromatic carbocycles. The largest absolute Gasteiger partial charge is 0.494 e. The first kappa shape index (κ1) is 34.2. The molecule has 4 amide bonds. The molecule has 0 heterocycles. The summed E-state index contributed by atoms with van der Waals surface area (Å²) < 4.78 is 11.4. The Kier molecular flexibility index (Phi) is 12.5. The molecule has 0 radical (unpaired) electrons. The van der Waals surface area contributed by atoms with Crippen LogP contribution in [-0.4, -0.2) is 48.9 Å². The number of hydrogen-bond acceptors (Lipinski definition) is 6. The summed E-state index contributed by atoms with van der Waals surface area (Å²) in [4.78, 5) is 50.2. The van der Waals surface area contributed by atoms with Crippen LogP contribution in [-0.2, 0) is 28.9 Å². The van der Waals surface area contributed by atoms with Gasteiger partial charge in [0.05, 0.1) is 13.2 Å². The fraction of sp³-hybridized carbons (Fsp3) is 0.243. The summed E-state index contributed by atoms with van der Waals surface area (Å²) in [5, 5.41) is 5.33. The predicted octanol–water partition coefficient (Wildman–Crippen LogP) is 3.75. The third-order valence-electron chi connectivity index (χ3n) is 7.41. The van der Waals surface area contributed by atoms with Gasteiger partial charge in [0.25, 0.3) is 11.8 Å². The summed E-state index contributed by atoms with van der Waals surface area (Å²) in [5.41, 5.74) is 14.4. The van der Waals surface area contributed by atoms with E-state index in [0.717, 1.165) is 29.7 Å². The Bertz CT molecular complexity index is 1620. The van der Waals surface area contributed by atoms with Crippen molar-refractivity contribution in [1.82, 2.24) is 10.6 Å². The quantitative estimate of drug-likeness (QED) is 0.138. The van der Waals surface area contributed by atoms with Gasteiger partial charge in [-0.1, -0.05) is 61.5 Å². The van der Waals surface area contributed by atoms with Gasteiger partial charge < -0.3 is 31.6 Å². The minimum atomic E-state index is -0.959. The number of carbonyl (C=O) groups excluding carboxylic acids is 4. The van der Waals surface area contributed by atoms with Crippen molar-refractivity contribution in [3.8, 4) is 11.5 Å². The first-order valence-electron chi connectivity index (χ1n) is 15.5. The molecule has 0 aliphatic heterocycles.